The molecule has 0 saturated carbocycles. The summed E-state index contributed by atoms with van der Waals surface area (Å²) in [7, 11) is 0. The Labute approximate surface area is 165 Å². The maximum Gasteiger partial charge on any atom is 0.573 e. The Morgan fingerprint density at radius 1 is 1.17 bits per heavy atom. The summed E-state index contributed by atoms with van der Waals surface area (Å²) in [6.45, 7) is 4.16. The van der Waals surface area contributed by atoms with E-state index >= 15 is 0 Å². The molecule has 0 spiro atoms. The van der Waals surface area contributed by atoms with Crippen LogP contribution in [0.25, 0.3) is 11.3 Å². The maximum atomic E-state index is 12.7. The van der Waals surface area contributed by atoms with Crippen LogP contribution in [0.15, 0.2) is 55.1 Å². The first-order valence-corrected chi connectivity index (χ1v) is 8.84. The van der Waals surface area contributed by atoms with Crippen molar-refractivity contribution in [2.24, 2.45) is 0 Å². The molecular formula is C20H19F3N4O2. The number of hydrogen-bond acceptors (Lipinski definition) is 4. The van der Waals surface area contributed by atoms with E-state index in [0.717, 1.165) is 5.56 Å². The van der Waals surface area contributed by atoms with Crippen LogP contribution in [0, 0.1) is 0 Å². The molecule has 9 heteroatoms. The van der Waals surface area contributed by atoms with Crippen LogP contribution in [0.4, 0.5) is 13.2 Å². The Kier molecular flexibility index (Phi) is 5.86. The number of amides is 1. The van der Waals surface area contributed by atoms with Crippen LogP contribution < -0.4 is 4.74 Å². The number of imidazole rings is 1. The predicted molar refractivity (Wildman–Crippen MR) is 100.0 cm³/mol. The highest BCUT2D eigenvalue weighted by atomic mass is 19.4. The van der Waals surface area contributed by atoms with E-state index in [4.69, 9.17) is 0 Å². The molecule has 1 aromatic carbocycles. The number of carbonyl (C=O) groups excluding carboxylic acids is 1. The SMILES string of the molecule is CC(C)N(Cc1ccnc(-c2ccc(OC(F)(F)F)cc2)c1)C(=O)c1c[nH]cn1. The second kappa shape index (κ2) is 8.34. The number of rotatable bonds is 6. The number of aromatic amines is 1. The summed E-state index contributed by atoms with van der Waals surface area (Å²) in [6.07, 6.45) is -0.147. The number of carbonyl (C=O) groups is 1. The van der Waals surface area contributed by atoms with Gasteiger partial charge in [-0.15, -0.1) is 13.2 Å². The molecule has 0 radical (unpaired) electrons. The second-order valence-corrected chi connectivity index (χ2v) is 6.60. The van der Waals surface area contributed by atoms with Gasteiger partial charge in [0.2, 0.25) is 0 Å². The Hall–Kier alpha value is -3.36. The third-order valence-corrected chi connectivity index (χ3v) is 4.16. The second-order valence-electron chi connectivity index (χ2n) is 6.60. The minimum atomic E-state index is -4.74. The van der Waals surface area contributed by atoms with Gasteiger partial charge in [0, 0.05) is 30.5 Å². The lowest BCUT2D eigenvalue weighted by molar-refractivity contribution is -0.274. The van der Waals surface area contributed by atoms with Crippen LogP contribution in [0.3, 0.4) is 0 Å². The Morgan fingerprint density at radius 3 is 2.48 bits per heavy atom. The first kappa shape index (κ1) is 20.4. The standard InChI is InChI=1S/C20H19F3N4O2/c1-13(2)27(19(28)18-10-24-12-26-18)11-14-7-8-25-17(9-14)15-3-5-16(6-4-15)29-20(21,22)23/h3-10,12-13H,11H2,1-2H3,(H,24,26). The van der Waals surface area contributed by atoms with Gasteiger partial charge in [0.15, 0.2) is 0 Å². The van der Waals surface area contributed by atoms with Crippen molar-refractivity contribution < 1.29 is 22.7 Å². The van der Waals surface area contributed by atoms with E-state index < -0.39 is 6.36 Å². The zero-order valence-electron chi connectivity index (χ0n) is 15.8. The van der Waals surface area contributed by atoms with Crippen LogP contribution in [0.2, 0.25) is 0 Å². The van der Waals surface area contributed by atoms with E-state index in [9.17, 15) is 18.0 Å². The summed E-state index contributed by atoms with van der Waals surface area (Å²) in [6, 6.07) is 9.00. The fourth-order valence-electron chi connectivity index (χ4n) is 2.77. The molecule has 0 bridgehead atoms. The topological polar surface area (TPSA) is 71.1 Å². The normalized spacial score (nSPS) is 11.5. The fraction of sp³-hybridized carbons (Fsp3) is 0.250. The maximum absolute atomic E-state index is 12.7. The van der Waals surface area contributed by atoms with E-state index in [1.54, 1.807) is 29.4 Å². The van der Waals surface area contributed by atoms with Crippen molar-refractivity contribution in [2.45, 2.75) is 32.8 Å². The van der Waals surface area contributed by atoms with Gasteiger partial charge in [-0.2, -0.15) is 0 Å². The van der Waals surface area contributed by atoms with Gasteiger partial charge in [-0.05, 0) is 55.8 Å². The van der Waals surface area contributed by atoms with Crippen molar-refractivity contribution in [3.63, 3.8) is 0 Å². The highest BCUT2D eigenvalue weighted by molar-refractivity contribution is 5.92. The fourth-order valence-corrected chi connectivity index (χ4v) is 2.77. The largest absolute Gasteiger partial charge is 0.573 e. The highest BCUT2D eigenvalue weighted by Crippen LogP contribution is 2.26. The van der Waals surface area contributed by atoms with Crippen molar-refractivity contribution in [3.8, 4) is 17.0 Å². The lowest BCUT2D eigenvalue weighted by Gasteiger charge is -2.26. The molecule has 0 unspecified atom stereocenters. The molecule has 0 saturated heterocycles. The van der Waals surface area contributed by atoms with Crippen LogP contribution in [-0.4, -0.2) is 38.2 Å². The first-order chi connectivity index (χ1) is 13.7. The number of nitrogens with zero attached hydrogens (tertiary/aromatic N) is 3. The molecule has 29 heavy (non-hydrogen) atoms. The third kappa shape index (κ3) is 5.34. The first-order valence-electron chi connectivity index (χ1n) is 8.84. The number of halogens is 3. The average Bonchev–Trinajstić information content (AvgIpc) is 3.20. The monoisotopic (exact) mass is 404 g/mol. The van der Waals surface area contributed by atoms with Gasteiger partial charge in [-0.3, -0.25) is 9.78 Å². The summed E-state index contributed by atoms with van der Waals surface area (Å²) in [5.41, 5.74) is 2.38. The molecule has 152 valence electrons. The summed E-state index contributed by atoms with van der Waals surface area (Å²) >= 11 is 0. The smallest absolute Gasteiger partial charge is 0.406 e. The van der Waals surface area contributed by atoms with Crippen LogP contribution in [-0.2, 0) is 6.54 Å². The number of H-pyrrole nitrogens is 1. The van der Waals surface area contributed by atoms with Crippen LogP contribution >= 0.6 is 0 Å². The number of hydrogen-bond donors (Lipinski definition) is 1. The van der Waals surface area contributed by atoms with Crippen molar-refractivity contribution >= 4 is 5.91 Å². The summed E-state index contributed by atoms with van der Waals surface area (Å²) < 4.78 is 40.8. The van der Waals surface area contributed by atoms with Gasteiger partial charge in [0.1, 0.15) is 11.4 Å². The highest BCUT2D eigenvalue weighted by Gasteiger charge is 2.31. The van der Waals surface area contributed by atoms with E-state index in [0.29, 0.717) is 23.5 Å². The molecule has 3 rings (SSSR count). The molecule has 6 nitrogen and oxygen atoms in total. The molecule has 3 aromatic rings. The molecule has 0 aliphatic heterocycles. The molecule has 0 aliphatic carbocycles. The van der Waals surface area contributed by atoms with Gasteiger partial charge >= 0.3 is 6.36 Å². The lowest BCUT2D eigenvalue weighted by Crippen LogP contribution is -2.36. The van der Waals surface area contributed by atoms with Crippen molar-refractivity contribution in [1.29, 1.82) is 0 Å². The van der Waals surface area contributed by atoms with Gasteiger partial charge in [0.05, 0.1) is 12.0 Å². The molecule has 1 N–H and O–H groups in total. The molecule has 0 fully saturated rings. The third-order valence-electron chi connectivity index (χ3n) is 4.16. The molecule has 2 heterocycles. The van der Waals surface area contributed by atoms with E-state index in [-0.39, 0.29) is 17.7 Å². The molecule has 2 aromatic heterocycles. The number of benzene rings is 1. The Balaban J connectivity index is 1.79. The molecular weight excluding hydrogens is 385 g/mol. The molecule has 0 atom stereocenters. The van der Waals surface area contributed by atoms with Crippen LogP contribution in [0.1, 0.15) is 29.9 Å². The van der Waals surface area contributed by atoms with Crippen molar-refractivity contribution in [1.82, 2.24) is 19.9 Å². The van der Waals surface area contributed by atoms with Gasteiger partial charge < -0.3 is 14.6 Å². The molecule has 1 amide bonds. The minimum Gasteiger partial charge on any atom is -0.406 e. The number of pyridine rings is 1. The zero-order valence-corrected chi connectivity index (χ0v) is 15.8. The van der Waals surface area contributed by atoms with E-state index in [2.05, 4.69) is 19.7 Å². The Bertz CT molecular complexity index is 955. The average molecular weight is 404 g/mol. The number of alkyl halides is 3. The lowest BCUT2D eigenvalue weighted by atomic mass is 10.1. The number of ether oxygens (including phenoxy) is 1. The van der Waals surface area contributed by atoms with E-state index in [1.165, 1.54) is 30.6 Å². The van der Waals surface area contributed by atoms with Gasteiger partial charge in [-0.25, -0.2) is 4.98 Å². The van der Waals surface area contributed by atoms with Gasteiger partial charge in [-0.1, -0.05) is 0 Å². The summed E-state index contributed by atoms with van der Waals surface area (Å²) in [5.74, 6) is -0.499. The number of nitrogens with one attached hydrogen (secondary N) is 1. The van der Waals surface area contributed by atoms with Crippen LogP contribution in [0.5, 0.6) is 5.75 Å². The number of aromatic nitrogens is 3. The van der Waals surface area contributed by atoms with E-state index in [1.807, 2.05) is 13.8 Å². The van der Waals surface area contributed by atoms with Crippen molar-refractivity contribution in [3.05, 3.63) is 66.4 Å². The quantitative estimate of drug-likeness (QED) is 0.660. The predicted octanol–water partition coefficient (Wildman–Crippen LogP) is 4.42. The summed E-state index contributed by atoms with van der Waals surface area (Å²) in [5, 5.41) is 0. The van der Waals surface area contributed by atoms with Gasteiger partial charge in [0.25, 0.3) is 5.91 Å². The Morgan fingerprint density at radius 2 is 1.90 bits per heavy atom. The van der Waals surface area contributed by atoms with Crippen molar-refractivity contribution in [2.75, 3.05) is 0 Å². The zero-order chi connectivity index (χ0) is 21.0. The summed E-state index contributed by atoms with van der Waals surface area (Å²) in [4.78, 5) is 25.4. The molecule has 0 aliphatic rings. The minimum absolute atomic E-state index is 0.0605.